The highest BCUT2D eigenvalue weighted by molar-refractivity contribution is 6.35. The minimum Gasteiger partial charge on any atom is -0.503 e. The summed E-state index contributed by atoms with van der Waals surface area (Å²) in [5.41, 5.74) is 0. The highest BCUT2D eigenvalue weighted by atomic mass is 35.5. The smallest absolute Gasteiger partial charge is 0.503 e. The average Bonchev–Trinajstić information content (AvgIpc) is 2.23. The first-order valence-corrected chi connectivity index (χ1v) is 4.64. The van der Waals surface area contributed by atoms with Gasteiger partial charge in [-0.15, -0.1) is 0 Å². The van der Waals surface area contributed by atoms with E-state index in [1.165, 1.54) is 6.20 Å². The third-order valence-electron chi connectivity index (χ3n) is 2.01. The molecule has 0 aliphatic carbocycles. The molecule has 2 rings (SSSR count). The van der Waals surface area contributed by atoms with Crippen LogP contribution in [0.1, 0.15) is 0 Å². The molecular weight excluding hydrogens is 234 g/mol. The zero-order chi connectivity index (χ0) is 11.7. The van der Waals surface area contributed by atoms with Crippen molar-refractivity contribution in [2.45, 2.75) is 0 Å². The molecule has 0 spiro atoms. The molecule has 0 bridgehead atoms. The summed E-state index contributed by atoms with van der Waals surface area (Å²) in [5, 5.41) is 19.5. The van der Waals surface area contributed by atoms with Gasteiger partial charge in [-0.1, -0.05) is 23.7 Å². The summed E-state index contributed by atoms with van der Waals surface area (Å²) >= 11 is 5.88. The van der Waals surface area contributed by atoms with Crippen molar-refractivity contribution in [3.8, 4) is 11.6 Å². The maximum atomic E-state index is 10.3. The van der Waals surface area contributed by atoms with Crippen molar-refractivity contribution in [3.05, 3.63) is 29.4 Å². The standard InChI is InChI=1S/C10H6ClNO4/c11-7-3-1-2-5-6(7)4-12-9(8(5)13)16-10(14)15/h1-4,13H,(H,14,15). The van der Waals surface area contributed by atoms with E-state index in [4.69, 9.17) is 16.7 Å². The van der Waals surface area contributed by atoms with E-state index in [9.17, 15) is 9.90 Å². The Labute approximate surface area is 94.9 Å². The summed E-state index contributed by atoms with van der Waals surface area (Å²) in [5.74, 6) is -0.704. The van der Waals surface area contributed by atoms with Crippen molar-refractivity contribution >= 4 is 28.5 Å². The number of halogens is 1. The number of hydrogen-bond acceptors (Lipinski definition) is 4. The quantitative estimate of drug-likeness (QED) is 0.748. The summed E-state index contributed by atoms with van der Waals surface area (Å²) in [4.78, 5) is 14.0. The van der Waals surface area contributed by atoms with Gasteiger partial charge in [-0.3, -0.25) is 0 Å². The normalized spacial score (nSPS) is 10.3. The number of benzene rings is 1. The first kappa shape index (κ1) is 10.5. The molecule has 82 valence electrons. The van der Waals surface area contributed by atoms with Crippen LogP contribution >= 0.6 is 11.6 Å². The van der Waals surface area contributed by atoms with E-state index < -0.39 is 6.16 Å². The van der Waals surface area contributed by atoms with Crippen molar-refractivity contribution in [2.24, 2.45) is 0 Å². The number of carbonyl (C=O) groups is 1. The number of aromatic hydroxyl groups is 1. The number of fused-ring (bicyclic) bond motifs is 1. The van der Waals surface area contributed by atoms with Crippen LogP contribution in [0.25, 0.3) is 10.8 Å². The molecule has 1 aromatic carbocycles. The lowest BCUT2D eigenvalue weighted by Crippen LogP contribution is -2.04. The molecule has 2 N–H and O–H groups in total. The molecule has 16 heavy (non-hydrogen) atoms. The first-order chi connectivity index (χ1) is 7.59. The summed E-state index contributed by atoms with van der Waals surface area (Å²) < 4.78 is 4.31. The van der Waals surface area contributed by atoms with Crippen molar-refractivity contribution in [1.29, 1.82) is 0 Å². The van der Waals surface area contributed by atoms with Crippen LogP contribution in [-0.4, -0.2) is 21.4 Å². The highest BCUT2D eigenvalue weighted by Gasteiger charge is 2.13. The van der Waals surface area contributed by atoms with Crippen molar-refractivity contribution in [3.63, 3.8) is 0 Å². The van der Waals surface area contributed by atoms with Crippen LogP contribution in [0.3, 0.4) is 0 Å². The molecule has 0 amide bonds. The average molecular weight is 240 g/mol. The van der Waals surface area contributed by atoms with Gasteiger partial charge in [0.25, 0.3) is 5.88 Å². The summed E-state index contributed by atoms with van der Waals surface area (Å²) in [6.45, 7) is 0. The van der Waals surface area contributed by atoms with Gasteiger partial charge in [-0.25, -0.2) is 9.78 Å². The molecule has 1 heterocycles. The number of aromatic nitrogens is 1. The monoisotopic (exact) mass is 239 g/mol. The second kappa shape index (κ2) is 3.86. The molecule has 0 saturated carbocycles. The third kappa shape index (κ3) is 1.72. The fourth-order valence-corrected chi connectivity index (χ4v) is 1.55. The lowest BCUT2D eigenvalue weighted by molar-refractivity contribution is 0.141. The van der Waals surface area contributed by atoms with E-state index in [0.29, 0.717) is 15.8 Å². The van der Waals surface area contributed by atoms with Gasteiger partial charge in [0.05, 0.1) is 5.02 Å². The Kier molecular flexibility index (Phi) is 2.54. The van der Waals surface area contributed by atoms with Crippen LogP contribution in [0.2, 0.25) is 5.02 Å². The SMILES string of the molecule is O=C(O)Oc1ncc2c(Cl)cccc2c1O. The number of carboxylic acid groups (broad SMARTS) is 1. The highest BCUT2D eigenvalue weighted by Crippen LogP contribution is 2.35. The van der Waals surface area contributed by atoms with Gasteiger partial charge in [-0.05, 0) is 6.07 Å². The van der Waals surface area contributed by atoms with Crippen molar-refractivity contribution in [2.75, 3.05) is 0 Å². The zero-order valence-corrected chi connectivity index (χ0v) is 8.60. The predicted molar refractivity (Wildman–Crippen MR) is 57.1 cm³/mol. The molecule has 0 atom stereocenters. The molecule has 0 fully saturated rings. The van der Waals surface area contributed by atoms with Crippen LogP contribution in [0.5, 0.6) is 11.6 Å². The van der Waals surface area contributed by atoms with Gasteiger partial charge in [0.2, 0.25) is 0 Å². The molecule has 2 aromatic rings. The topological polar surface area (TPSA) is 79.7 Å². The maximum absolute atomic E-state index is 10.3. The Bertz CT molecular complexity index is 570. The van der Waals surface area contributed by atoms with E-state index in [0.717, 1.165) is 0 Å². The molecule has 5 nitrogen and oxygen atoms in total. The molecule has 0 aliphatic heterocycles. The number of hydrogen-bond donors (Lipinski definition) is 2. The summed E-state index contributed by atoms with van der Waals surface area (Å²) in [6.07, 6.45) is -0.195. The van der Waals surface area contributed by atoms with Gasteiger partial charge >= 0.3 is 6.16 Å². The molecule has 0 radical (unpaired) electrons. The Morgan fingerprint density at radius 1 is 1.38 bits per heavy atom. The van der Waals surface area contributed by atoms with E-state index >= 15 is 0 Å². The van der Waals surface area contributed by atoms with Crippen molar-refractivity contribution in [1.82, 2.24) is 4.98 Å². The van der Waals surface area contributed by atoms with Crippen LogP contribution < -0.4 is 4.74 Å². The molecule has 0 unspecified atom stereocenters. The number of nitrogens with zero attached hydrogens (tertiary/aromatic N) is 1. The number of rotatable bonds is 1. The van der Waals surface area contributed by atoms with E-state index in [1.54, 1.807) is 18.2 Å². The Morgan fingerprint density at radius 2 is 2.12 bits per heavy atom. The van der Waals surface area contributed by atoms with Gasteiger partial charge in [0, 0.05) is 17.0 Å². The third-order valence-corrected chi connectivity index (χ3v) is 2.34. The van der Waals surface area contributed by atoms with Crippen LogP contribution in [0.4, 0.5) is 4.79 Å². The van der Waals surface area contributed by atoms with Crippen molar-refractivity contribution < 1.29 is 19.7 Å². The Hall–Kier alpha value is -2.01. The lowest BCUT2D eigenvalue weighted by atomic mass is 10.1. The molecule has 0 saturated heterocycles. The lowest BCUT2D eigenvalue weighted by Gasteiger charge is -2.05. The van der Waals surface area contributed by atoms with Crippen LogP contribution in [0, 0.1) is 0 Å². The Balaban J connectivity index is 2.65. The van der Waals surface area contributed by atoms with E-state index in [-0.39, 0.29) is 11.6 Å². The second-order valence-corrected chi connectivity index (χ2v) is 3.39. The molecule has 6 heteroatoms. The van der Waals surface area contributed by atoms with Gasteiger partial charge < -0.3 is 14.9 Å². The molecule has 0 aliphatic rings. The fourth-order valence-electron chi connectivity index (χ4n) is 1.33. The minimum atomic E-state index is -1.54. The number of pyridine rings is 1. The Morgan fingerprint density at radius 3 is 2.81 bits per heavy atom. The predicted octanol–water partition coefficient (Wildman–Crippen LogP) is 2.65. The van der Waals surface area contributed by atoms with E-state index in [1.807, 2.05) is 0 Å². The zero-order valence-electron chi connectivity index (χ0n) is 7.85. The van der Waals surface area contributed by atoms with Gasteiger partial charge in [0.15, 0.2) is 5.75 Å². The summed E-state index contributed by atoms with van der Waals surface area (Å²) in [6, 6.07) is 4.87. The fraction of sp³-hybridized carbons (Fsp3) is 0. The molecule has 1 aromatic heterocycles. The van der Waals surface area contributed by atoms with Crippen LogP contribution in [-0.2, 0) is 0 Å². The van der Waals surface area contributed by atoms with Crippen LogP contribution in [0.15, 0.2) is 24.4 Å². The van der Waals surface area contributed by atoms with E-state index in [2.05, 4.69) is 9.72 Å². The summed E-state index contributed by atoms with van der Waals surface area (Å²) in [7, 11) is 0. The van der Waals surface area contributed by atoms with Gasteiger partial charge in [-0.2, -0.15) is 0 Å². The second-order valence-electron chi connectivity index (χ2n) is 2.98. The van der Waals surface area contributed by atoms with Gasteiger partial charge in [0.1, 0.15) is 0 Å². The number of ether oxygens (including phenoxy) is 1. The minimum absolute atomic E-state index is 0.345. The maximum Gasteiger partial charge on any atom is 0.512 e. The largest absolute Gasteiger partial charge is 0.512 e. The molecular formula is C10H6ClNO4. The first-order valence-electron chi connectivity index (χ1n) is 4.26.